The number of hydrogen-bond acceptors (Lipinski definition) is 4. The van der Waals surface area contributed by atoms with Crippen LogP contribution in [0.25, 0.3) is 0 Å². The smallest absolute Gasteiger partial charge is 0.274 e. The third kappa shape index (κ3) is 4.88. The van der Waals surface area contributed by atoms with Crippen molar-refractivity contribution >= 4 is 17.5 Å². The van der Waals surface area contributed by atoms with Crippen molar-refractivity contribution in [2.24, 2.45) is 0 Å². The zero-order valence-electron chi connectivity index (χ0n) is 15.3. The van der Waals surface area contributed by atoms with Gasteiger partial charge < -0.3 is 10.6 Å². The topological polar surface area (TPSA) is 66.9 Å². The van der Waals surface area contributed by atoms with E-state index < -0.39 is 0 Å². The highest BCUT2D eigenvalue weighted by atomic mass is 19.1. The summed E-state index contributed by atoms with van der Waals surface area (Å²) in [5.74, 6) is -0.338. The number of hydrogen-bond donors (Lipinski definition) is 2. The summed E-state index contributed by atoms with van der Waals surface area (Å²) >= 11 is 0. The monoisotopic (exact) mass is 364 g/mol. The van der Waals surface area contributed by atoms with Gasteiger partial charge in [-0.2, -0.15) is 0 Å². The Labute approximate surface area is 157 Å². The molecule has 0 aliphatic heterocycles. The van der Waals surface area contributed by atoms with Crippen molar-refractivity contribution in [3.05, 3.63) is 82.9 Å². The molecule has 1 aromatic heterocycles. The Bertz CT molecular complexity index is 941. The van der Waals surface area contributed by atoms with E-state index in [1.165, 1.54) is 11.6 Å². The molecule has 0 spiro atoms. The first-order valence-corrected chi connectivity index (χ1v) is 8.78. The van der Waals surface area contributed by atoms with E-state index in [4.69, 9.17) is 0 Å². The van der Waals surface area contributed by atoms with Crippen LogP contribution in [0, 0.1) is 12.7 Å². The Morgan fingerprint density at radius 3 is 2.52 bits per heavy atom. The lowest BCUT2D eigenvalue weighted by Crippen LogP contribution is -2.16. The van der Waals surface area contributed by atoms with E-state index in [9.17, 15) is 9.18 Å². The van der Waals surface area contributed by atoms with Crippen LogP contribution in [0.1, 0.15) is 34.2 Å². The Morgan fingerprint density at radius 1 is 1.07 bits per heavy atom. The normalized spacial score (nSPS) is 10.5. The number of aryl methyl sites for hydroxylation is 2. The highest BCUT2D eigenvalue weighted by molar-refractivity contribution is 6.03. The van der Waals surface area contributed by atoms with Gasteiger partial charge in [-0.25, -0.2) is 14.4 Å². The first-order valence-electron chi connectivity index (χ1n) is 8.78. The molecule has 0 unspecified atom stereocenters. The highest BCUT2D eigenvalue weighted by Crippen LogP contribution is 2.13. The fraction of sp³-hybridized carbons (Fsp3) is 0.190. The number of nitrogens with one attached hydrogen (secondary N) is 2. The molecule has 0 fully saturated rings. The van der Waals surface area contributed by atoms with Crippen LogP contribution in [0.5, 0.6) is 0 Å². The summed E-state index contributed by atoms with van der Waals surface area (Å²) in [5.41, 5.74) is 3.30. The van der Waals surface area contributed by atoms with Gasteiger partial charge in [-0.3, -0.25) is 4.79 Å². The van der Waals surface area contributed by atoms with E-state index >= 15 is 0 Å². The number of nitrogens with zero attached hydrogens (tertiary/aromatic N) is 2. The number of halogens is 1. The predicted molar refractivity (Wildman–Crippen MR) is 104 cm³/mol. The Kier molecular flexibility index (Phi) is 5.76. The Balaban J connectivity index is 1.71. The molecule has 3 rings (SSSR count). The second-order valence-electron chi connectivity index (χ2n) is 6.17. The maximum Gasteiger partial charge on any atom is 0.274 e. The molecule has 1 amide bonds. The van der Waals surface area contributed by atoms with E-state index in [2.05, 4.69) is 27.5 Å². The molecule has 27 heavy (non-hydrogen) atoms. The van der Waals surface area contributed by atoms with Gasteiger partial charge in [0.2, 0.25) is 5.95 Å². The number of aromatic nitrogens is 2. The quantitative estimate of drug-likeness (QED) is 0.682. The van der Waals surface area contributed by atoms with Crippen LogP contribution in [-0.2, 0) is 13.0 Å². The standard InChI is InChI=1S/C21H21FN4O/c1-3-15-8-10-17(11-9-15)25-20(27)19-12-14(2)24-21(26-19)23-13-16-6-4-5-7-18(16)22/h4-12H,3,13H2,1-2H3,(H,25,27)(H,23,24,26). The summed E-state index contributed by atoms with van der Waals surface area (Å²) in [6.45, 7) is 4.09. The van der Waals surface area contributed by atoms with Crippen LogP contribution in [0.3, 0.4) is 0 Å². The van der Waals surface area contributed by atoms with Crippen molar-refractivity contribution < 1.29 is 9.18 Å². The summed E-state index contributed by atoms with van der Waals surface area (Å²) in [5, 5.41) is 5.80. The second-order valence-corrected chi connectivity index (χ2v) is 6.17. The minimum absolute atomic E-state index is 0.232. The highest BCUT2D eigenvalue weighted by Gasteiger charge is 2.11. The Morgan fingerprint density at radius 2 is 1.81 bits per heavy atom. The Hall–Kier alpha value is -3.28. The van der Waals surface area contributed by atoms with Gasteiger partial charge >= 0.3 is 0 Å². The van der Waals surface area contributed by atoms with E-state index in [1.54, 1.807) is 31.2 Å². The number of anilines is 2. The van der Waals surface area contributed by atoms with Crippen LogP contribution in [0.4, 0.5) is 16.0 Å². The van der Waals surface area contributed by atoms with Gasteiger partial charge in [-0.1, -0.05) is 37.3 Å². The summed E-state index contributed by atoms with van der Waals surface area (Å²) in [6, 6.07) is 15.8. The first kappa shape index (κ1) is 18.5. The largest absolute Gasteiger partial charge is 0.350 e. The number of rotatable bonds is 6. The number of benzene rings is 2. The minimum Gasteiger partial charge on any atom is -0.350 e. The average molecular weight is 364 g/mol. The number of carbonyl (C=O) groups is 1. The summed E-state index contributed by atoms with van der Waals surface area (Å²) < 4.78 is 13.7. The van der Waals surface area contributed by atoms with Gasteiger partial charge in [0.25, 0.3) is 5.91 Å². The van der Waals surface area contributed by atoms with Gasteiger partial charge in [0, 0.05) is 23.5 Å². The van der Waals surface area contributed by atoms with Crippen LogP contribution in [-0.4, -0.2) is 15.9 Å². The summed E-state index contributed by atoms with van der Waals surface area (Å²) in [7, 11) is 0. The van der Waals surface area contributed by atoms with Crippen molar-refractivity contribution in [1.82, 2.24) is 9.97 Å². The number of amides is 1. The van der Waals surface area contributed by atoms with E-state index in [0.717, 1.165) is 6.42 Å². The molecule has 138 valence electrons. The van der Waals surface area contributed by atoms with Gasteiger partial charge in [-0.05, 0) is 43.2 Å². The van der Waals surface area contributed by atoms with Crippen molar-refractivity contribution in [3.63, 3.8) is 0 Å². The molecule has 5 nitrogen and oxygen atoms in total. The van der Waals surface area contributed by atoms with E-state index in [1.807, 2.05) is 24.3 Å². The SMILES string of the molecule is CCc1ccc(NC(=O)c2cc(C)nc(NCc3ccccc3F)n2)cc1. The third-order valence-corrected chi connectivity index (χ3v) is 4.10. The van der Waals surface area contributed by atoms with Gasteiger partial charge in [0.15, 0.2) is 0 Å². The van der Waals surface area contributed by atoms with Crippen molar-refractivity contribution in [2.45, 2.75) is 26.8 Å². The zero-order valence-corrected chi connectivity index (χ0v) is 15.3. The molecule has 3 aromatic rings. The summed E-state index contributed by atoms with van der Waals surface area (Å²) in [6.07, 6.45) is 0.941. The fourth-order valence-corrected chi connectivity index (χ4v) is 2.60. The molecule has 0 saturated carbocycles. The lowest BCUT2D eigenvalue weighted by Gasteiger charge is -2.10. The minimum atomic E-state index is -0.321. The zero-order chi connectivity index (χ0) is 19.2. The second kappa shape index (κ2) is 8.40. The lowest BCUT2D eigenvalue weighted by atomic mass is 10.1. The maximum atomic E-state index is 13.7. The molecule has 2 aromatic carbocycles. The molecule has 1 heterocycles. The van der Waals surface area contributed by atoms with Crippen LogP contribution in [0.15, 0.2) is 54.6 Å². The van der Waals surface area contributed by atoms with E-state index in [-0.39, 0.29) is 29.9 Å². The van der Waals surface area contributed by atoms with Crippen molar-refractivity contribution in [1.29, 1.82) is 0 Å². The fourth-order valence-electron chi connectivity index (χ4n) is 2.60. The van der Waals surface area contributed by atoms with Gasteiger partial charge in [0.05, 0.1) is 0 Å². The molecule has 0 aliphatic rings. The van der Waals surface area contributed by atoms with E-state index in [0.29, 0.717) is 16.9 Å². The molecular weight excluding hydrogens is 343 g/mol. The predicted octanol–water partition coefficient (Wildman–Crippen LogP) is 4.35. The van der Waals surface area contributed by atoms with Gasteiger partial charge in [0.1, 0.15) is 11.5 Å². The van der Waals surface area contributed by atoms with Gasteiger partial charge in [-0.15, -0.1) is 0 Å². The van der Waals surface area contributed by atoms with Crippen LogP contribution in [0.2, 0.25) is 0 Å². The van der Waals surface area contributed by atoms with Crippen LogP contribution >= 0.6 is 0 Å². The first-order chi connectivity index (χ1) is 13.0. The lowest BCUT2D eigenvalue weighted by molar-refractivity contribution is 0.102. The van der Waals surface area contributed by atoms with Crippen LogP contribution < -0.4 is 10.6 Å². The molecule has 0 saturated heterocycles. The average Bonchev–Trinajstić information content (AvgIpc) is 2.67. The molecule has 2 N–H and O–H groups in total. The molecule has 0 bridgehead atoms. The molecule has 0 radical (unpaired) electrons. The summed E-state index contributed by atoms with van der Waals surface area (Å²) in [4.78, 5) is 21.0. The molecule has 6 heteroatoms. The van der Waals surface area contributed by atoms with Crippen molar-refractivity contribution in [2.75, 3.05) is 10.6 Å². The molecular formula is C21H21FN4O. The molecule has 0 atom stereocenters. The maximum absolute atomic E-state index is 13.7. The number of carbonyl (C=O) groups excluding carboxylic acids is 1. The van der Waals surface area contributed by atoms with Crippen molar-refractivity contribution in [3.8, 4) is 0 Å². The molecule has 0 aliphatic carbocycles. The third-order valence-electron chi connectivity index (χ3n) is 4.10.